The quantitative estimate of drug-likeness (QED) is 0.889. The second-order valence-corrected chi connectivity index (χ2v) is 6.87. The molecule has 0 aromatic heterocycles. The first-order valence-corrected chi connectivity index (χ1v) is 7.95. The van der Waals surface area contributed by atoms with Crippen LogP contribution in [0.15, 0.2) is 28.7 Å². The zero-order chi connectivity index (χ0) is 13.7. The minimum absolute atomic E-state index is 0.357. The van der Waals surface area contributed by atoms with Gasteiger partial charge in [0.2, 0.25) is 0 Å². The average molecular weight is 326 g/mol. The maximum Gasteiger partial charge on any atom is 0.0471 e. The minimum Gasteiger partial charge on any atom is -0.381 e. The largest absolute Gasteiger partial charge is 0.381 e. The third-order valence-electron chi connectivity index (χ3n) is 3.93. The van der Waals surface area contributed by atoms with Crippen LogP contribution in [0.1, 0.15) is 32.3 Å². The Labute approximate surface area is 125 Å². The Morgan fingerprint density at radius 2 is 1.84 bits per heavy atom. The van der Waals surface area contributed by atoms with E-state index < -0.39 is 0 Å². The van der Waals surface area contributed by atoms with Crippen LogP contribution in [0.5, 0.6) is 0 Å². The van der Waals surface area contributed by atoms with E-state index >= 15 is 0 Å². The predicted molar refractivity (Wildman–Crippen MR) is 83.5 cm³/mol. The second kappa shape index (κ2) is 6.87. The van der Waals surface area contributed by atoms with Gasteiger partial charge in [-0.3, -0.25) is 0 Å². The number of ether oxygens (including phenoxy) is 1. The van der Waals surface area contributed by atoms with Crippen LogP contribution >= 0.6 is 15.9 Å². The molecule has 0 atom stereocenters. The third-order valence-corrected chi connectivity index (χ3v) is 4.46. The lowest BCUT2D eigenvalue weighted by Gasteiger charge is -2.38. The zero-order valence-corrected chi connectivity index (χ0v) is 13.5. The molecule has 1 aliphatic rings. The van der Waals surface area contributed by atoms with E-state index in [2.05, 4.69) is 59.4 Å². The highest BCUT2D eigenvalue weighted by molar-refractivity contribution is 9.10. The van der Waals surface area contributed by atoms with Crippen LogP contribution in [0.4, 0.5) is 0 Å². The SMILES string of the molecule is CC(C)NCC1(Cc2ccc(Br)cc2)CCOCC1. The van der Waals surface area contributed by atoms with Crippen LogP contribution < -0.4 is 5.32 Å². The number of hydrogen-bond acceptors (Lipinski definition) is 2. The van der Waals surface area contributed by atoms with Crippen LogP contribution in [0.2, 0.25) is 0 Å². The van der Waals surface area contributed by atoms with Gasteiger partial charge in [0.05, 0.1) is 0 Å². The molecule has 1 aromatic carbocycles. The fourth-order valence-electron chi connectivity index (χ4n) is 2.68. The highest BCUT2D eigenvalue weighted by Crippen LogP contribution is 2.34. The lowest BCUT2D eigenvalue weighted by molar-refractivity contribution is 0.0141. The summed E-state index contributed by atoms with van der Waals surface area (Å²) in [6.45, 7) is 7.32. The van der Waals surface area contributed by atoms with Crippen LogP contribution in [-0.4, -0.2) is 25.8 Å². The Kier molecular flexibility index (Phi) is 5.43. The monoisotopic (exact) mass is 325 g/mol. The number of rotatable bonds is 5. The summed E-state index contributed by atoms with van der Waals surface area (Å²) in [6.07, 6.45) is 3.45. The molecule has 1 aliphatic heterocycles. The van der Waals surface area contributed by atoms with Gasteiger partial charge < -0.3 is 10.1 Å². The van der Waals surface area contributed by atoms with E-state index in [0.717, 1.165) is 43.5 Å². The van der Waals surface area contributed by atoms with Crippen molar-refractivity contribution < 1.29 is 4.74 Å². The molecule has 3 heteroatoms. The Morgan fingerprint density at radius 1 is 1.21 bits per heavy atom. The maximum atomic E-state index is 5.55. The van der Waals surface area contributed by atoms with Crippen molar-refractivity contribution in [1.29, 1.82) is 0 Å². The molecule has 0 aliphatic carbocycles. The highest BCUT2D eigenvalue weighted by Gasteiger charge is 2.32. The molecule has 0 spiro atoms. The number of halogens is 1. The standard InChI is InChI=1S/C16H24BrNO/c1-13(2)18-12-16(7-9-19-10-8-16)11-14-3-5-15(17)6-4-14/h3-6,13,18H,7-12H2,1-2H3. The molecule has 1 heterocycles. The molecule has 0 radical (unpaired) electrons. The van der Waals surface area contributed by atoms with Crippen molar-refractivity contribution in [2.45, 2.75) is 39.2 Å². The van der Waals surface area contributed by atoms with Crippen LogP contribution in [0.25, 0.3) is 0 Å². The Balaban J connectivity index is 2.06. The van der Waals surface area contributed by atoms with Gasteiger partial charge in [-0.1, -0.05) is 41.9 Å². The number of nitrogens with one attached hydrogen (secondary N) is 1. The smallest absolute Gasteiger partial charge is 0.0471 e. The fourth-order valence-corrected chi connectivity index (χ4v) is 2.94. The number of hydrogen-bond donors (Lipinski definition) is 1. The summed E-state index contributed by atoms with van der Waals surface area (Å²) in [5.41, 5.74) is 1.78. The van der Waals surface area contributed by atoms with E-state index in [-0.39, 0.29) is 0 Å². The van der Waals surface area contributed by atoms with E-state index in [1.54, 1.807) is 0 Å². The highest BCUT2D eigenvalue weighted by atomic mass is 79.9. The minimum atomic E-state index is 0.357. The lowest BCUT2D eigenvalue weighted by atomic mass is 9.75. The second-order valence-electron chi connectivity index (χ2n) is 5.95. The predicted octanol–water partition coefficient (Wildman–Crippen LogP) is 3.79. The first kappa shape index (κ1) is 15.0. The lowest BCUT2D eigenvalue weighted by Crippen LogP contribution is -2.42. The van der Waals surface area contributed by atoms with Gasteiger partial charge in [-0.15, -0.1) is 0 Å². The summed E-state index contributed by atoms with van der Waals surface area (Å²) in [5.74, 6) is 0. The maximum absolute atomic E-state index is 5.55. The molecule has 2 rings (SSSR count). The van der Waals surface area contributed by atoms with Gasteiger partial charge >= 0.3 is 0 Å². The van der Waals surface area contributed by atoms with Gasteiger partial charge in [0.15, 0.2) is 0 Å². The molecule has 1 N–H and O–H groups in total. The summed E-state index contributed by atoms with van der Waals surface area (Å²) in [7, 11) is 0. The number of benzene rings is 1. The Morgan fingerprint density at radius 3 is 2.42 bits per heavy atom. The van der Waals surface area contributed by atoms with Gasteiger partial charge in [0.25, 0.3) is 0 Å². The van der Waals surface area contributed by atoms with E-state index in [1.807, 2.05) is 0 Å². The molecule has 0 saturated carbocycles. The van der Waals surface area contributed by atoms with E-state index in [9.17, 15) is 0 Å². The van der Waals surface area contributed by atoms with Crippen LogP contribution in [0.3, 0.4) is 0 Å². The molecule has 2 nitrogen and oxygen atoms in total. The molecule has 0 amide bonds. The zero-order valence-electron chi connectivity index (χ0n) is 11.9. The molecule has 19 heavy (non-hydrogen) atoms. The molecule has 0 unspecified atom stereocenters. The van der Waals surface area contributed by atoms with Gasteiger partial charge in [0, 0.05) is 30.3 Å². The first-order chi connectivity index (χ1) is 9.10. The third kappa shape index (κ3) is 4.59. The Bertz CT molecular complexity index is 382. The molecular formula is C16H24BrNO. The van der Waals surface area contributed by atoms with Gasteiger partial charge in [0.1, 0.15) is 0 Å². The summed E-state index contributed by atoms with van der Waals surface area (Å²) >= 11 is 3.50. The summed E-state index contributed by atoms with van der Waals surface area (Å²) in [6, 6.07) is 9.29. The van der Waals surface area contributed by atoms with Crippen molar-refractivity contribution in [3.8, 4) is 0 Å². The van der Waals surface area contributed by atoms with Gasteiger partial charge in [-0.05, 0) is 42.4 Å². The van der Waals surface area contributed by atoms with Crippen molar-refractivity contribution in [2.75, 3.05) is 19.8 Å². The van der Waals surface area contributed by atoms with Crippen molar-refractivity contribution in [3.63, 3.8) is 0 Å². The summed E-state index contributed by atoms with van der Waals surface area (Å²) in [4.78, 5) is 0. The Hall–Kier alpha value is -0.380. The molecule has 0 bridgehead atoms. The first-order valence-electron chi connectivity index (χ1n) is 7.15. The van der Waals surface area contributed by atoms with Crippen LogP contribution in [0, 0.1) is 5.41 Å². The van der Waals surface area contributed by atoms with Gasteiger partial charge in [-0.2, -0.15) is 0 Å². The van der Waals surface area contributed by atoms with Crippen molar-refractivity contribution in [2.24, 2.45) is 5.41 Å². The summed E-state index contributed by atoms with van der Waals surface area (Å²) < 4.78 is 6.70. The molecular weight excluding hydrogens is 302 g/mol. The van der Waals surface area contributed by atoms with Crippen molar-refractivity contribution in [3.05, 3.63) is 34.3 Å². The van der Waals surface area contributed by atoms with E-state index in [0.29, 0.717) is 11.5 Å². The topological polar surface area (TPSA) is 21.3 Å². The normalized spacial score (nSPS) is 18.7. The average Bonchev–Trinajstić information content (AvgIpc) is 2.41. The molecule has 1 saturated heterocycles. The van der Waals surface area contributed by atoms with Gasteiger partial charge in [-0.25, -0.2) is 0 Å². The fraction of sp³-hybridized carbons (Fsp3) is 0.625. The van der Waals surface area contributed by atoms with E-state index in [4.69, 9.17) is 4.74 Å². The summed E-state index contributed by atoms with van der Waals surface area (Å²) in [5, 5.41) is 3.62. The molecule has 1 fully saturated rings. The van der Waals surface area contributed by atoms with E-state index in [1.165, 1.54) is 5.56 Å². The van der Waals surface area contributed by atoms with Crippen LogP contribution in [-0.2, 0) is 11.2 Å². The van der Waals surface area contributed by atoms with Crippen molar-refractivity contribution >= 4 is 15.9 Å². The van der Waals surface area contributed by atoms with Crippen molar-refractivity contribution in [1.82, 2.24) is 5.32 Å². The molecule has 106 valence electrons. The molecule has 1 aromatic rings.